The largest absolute Gasteiger partial charge is 0.733 e. The van der Waals surface area contributed by atoms with Gasteiger partial charge in [-0.15, -0.1) is 0 Å². The fraction of sp³-hybridized carbons (Fsp3) is 0.200. The monoisotopic (exact) mass is 411 g/mol. The number of amides is 2. The summed E-state index contributed by atoms with van der Waals surface area (Å²) in [5.74, 6) is -1.58. The zero-order chi connectivity index (χ0) is 21.5. The van der Waals surface area contributed by atoms with Gasteiger partial charge in [0.1, 0.15) is 0 Å². The molecule has 0 saturated carbocycles. The van der Waals surface area contributed by atoms with Crippen molar-refractivity contribution in [2.75, 3.05) is 10.1 Å². The summed E-state index contributed by atoms with van der Waals surface area (Å²) in [6.45, 7) is 2.08. The third kappa shape index (κ3) is 2.13. The summed E-state index contributed by atoms with van der Waals surface area (Å²) in [6, 6.07) is 22.1. The summed E-state index contributed by atoms with van der Waals surface area (Å²) in [4.78, 5) is 28.7. The Morgan fingerprint density at radius 2 is 1.42 bits per heavy atom. The molecule has 4 aliphatic rings. The molecule has 1 N–H and O–H groups in total. The van der Waals surface area contributed by atoms with Crippen LogP contribution in [0.25, 0.3) is 0 Å². The Balaban J connectivity index is 1.55. The Morgan fingerprint density at radius 1 is 0.871 bits per heavy atom. The number of carbonyl (C=O) groups is 2. The number of benzene rings is 3. The average Bonchev–Trinajstić information content (AvgIpc) is 3.06. The first-order valence-electron chi connectivity index (χ1n) is 10.3. The molecule has 0 spiro atoms. The first-order valence-corrected chi connectivity index (χ1v) is 10.3. The summed E-state index contributed by atoms with van der Waals surface area (Å²) >= 11 is 0. The van der Waals surface area contributed by atoms with E-state index in [0.29, 0.717) is 5.69 Å². The molecule has 1 heterocycles. The standard InChI is InChI=1S/C25H19N2O4/c1-25-18-8-4-2-6-16(18)20(17-7-3-5-9-19(17)25)21-22(25)24(29)26(23(21)28)14-10-12-15(13-11-14)27(30)31/h2-13,20-22,30H,1H3/q-1/t20?,21-,22+,25?/m0/s1. The minimum absolute atomic E-state index is 0.0344. The van der Waals surface area contributed by atoms with Gasteiger partial charge in [0, 0.05) is 11.3 Å². The summed E-state index contributed by atoms with van der Waals surface area (Å²) in [5.41, 5.74) is 4.29. The molecule has 1 saturated heterocycles. The molecular formula is C25H19N2O4-. The van der Waals surface area contributed by atoms with Crippen LogP contribution in [0.1, 0.15) is 35.1 Å². The minimum Gasteiger partial charge on any atom is -0.733 e. The second-order valence-corrected chi connectivity index (χ2v) is 8.66. The summed E-state index contributed by atoms with van der Waals surface area (Å²) in [5, 5.41) is 20.0. The van der Waals surface area contributed by atoms with Crippen LogP contribution in [0.3, 0.4) is 0 Å². The van der Waals surface area contributed by atoms with E-state index < -0.39 is 17.3 Å². The van der Waals surface area contributed by atoms with Gasteiger partial charge in [-0.2, -0.15) is 0 Å². The summed E-state index contributed by atoms with van der Waals surface area (Å²) in [6.07, 6.45) is 0. The van der Waals surface area contributed by atoms with E-state index in [1.807, 2.05) is 24.3 Å². The SMILES string of the molecule is CC12c3ccccc3C(c3ccccc31)[C@@H]1C(=O)N(c3ccc(N([O-])O)cc3)C(=O)[C@@H]12. The Kier molecular flexibility index (Phi) is 3.56. The quantitative estimate of drug-likeness (QED) is 0.510. The molecule has 3 aromatic carbocycles. The van der Waals surface area contributed by atoms with Crippen molar-refractivity contribution in [1.82, 2.24) is 0 Å². The van der Waals surface area contributed by atoms with Crippen LogP contribution < -0.4 is 10.1 Å². The van der Waals surface area contributed by atoms with Crippen molar-refractivity contribution in [3.8, 4) is 0 Å². The summed E-state index contributed by atoms with van der Waals surface area (Å²) in [7, 11) is 0. The van der Waals surface area contributed by atoms with Crippen molar-refractivity contribution in [2.24, 2.45) is 11.8 Å². The molecule has 0 aromatic heterocycles. The van der Waals surface area contributed by atoms with Gasteiger partial charge in [-0.05, 0) is 46.5 Å². The fourth-order valence-electron chi connectivity index (χ4n) is 6.13. The van der Waals surface area contributed by atoms with Gasteiger partial charge in [-0.1, -0.05) is 55.5 Å². The van der Waals surface area contributed by atoms with Crippen LogP contribution in [-0.2, 0) is 15.0 Å². The van der Waals surface area contributed by atoms with Crippen LogP contribution in [0.4, 0.5) is 11.4 Å². The van der Waals surface area contributed by atoms with E-state index in [0.717, 1.165) is 22.3 Å². The van der Waals surface area contributed by atoms with Crippen LogP contribution in [-0.4, -0.2) is 17.0 Å². The number of rotatable bonds is 2. The van der Waals surface area contributed by atoms with E-state index in [9.17, 15) is 14.8 Å². The van der Waals surface area contributed by atoms with Gasteiger partial charge in [0.05, 0.1) is 23.2 Å². The van der Waals surface area contributed by atoms with Crippen LogP contribution in [0.2, 0.25) is 0 Å². The summed E-state index contributed by atoms with van der Waals surface area (Å²) < 4.78 is 0. The Morgan fingerprint density at radius 3 is 1.97 bits per heavy atom. The third-order valence-corrected chi connectivity index (χ3v) is 7.37. The van der Waals surface area contributed by atoms with Crippen molar-refractivity contribution in [2.45, 2.75) is 18.3 Å². The molecule has 6 heteroatoms. The molecule has 2 atom stereocenters. The van der Waals surface area contributed by atoms with Crippen molar-refractivity contribution in [3.05, 3.63) is 100 Å². The van der Waals surface area contributed by atoms with E-state index in [1.54, 1.807) is 0 Å². The second-order valence-electron chi connectivity index (χ2n) is 8.66. The molecule has 6 nitrogen and oxygen atoms in total. The zero-order valence-corrected chi connectivity index (χ0v) is 16.7. The first-order chi connectivity index (χ1) is 14.9. The van der Waals surface area contributed by atoms with Crippen molar-refractivity contribution < 1.29 is 14.8 Å². The van der Waals surface area contributed by atoms with Crippen molar-refractivity contribution in [3.63, 3.8) is 0 Å². The second kappa shape index (κ2) is 6.03. The molecule has 154 valence electrons. The highest BCUT2D eigenvalue weighted by atomic mass is 16.8. The zero-order valence-electron chi connectivity index (χ0n) is 16.7. The Bertz CT molecular complexity index is 1200. The number of anilines is 2. The van der Waals surface area contributed by atoms with E-state index >= 15 is 0 Å². The predicted molar refractivity (Wildman–Crippen MR) is 115 cm³/mol. The van der Waals surface area contributed by atoms with E-state index in [1.165, 1.54) is 29.2 Å². The van der Waals surface area contributed by atoms with Crippen LogP contribution >= 0.6 is 0 Å². The normalized spacial score (nSPS) is 27.7. The number of hydrogen-bond donors (Lipinski definition) is 1. The lowest BCUT2D eigenvalue weighted by Gasteiger charge is -2.52. The third-order valence-electron chi connectivity index (χ3n) is 7.37. The highest BCUT2D eigenvalue weighted by Crippen LogP contribution is 2.64. The molecule has 2 bridgehead atoms. The smallest absolute Gasteiger partial charge is 0.238 e. The van der Waals surface area contributed by atoms with E-state index in [4.69, 9.17) is 5.21 Å². The molecule has 7 rings (SSSR count). The highest BCUT2D eigenvalue weighted by molar-refractivity contribution is 6.23. The molecule has 1 aliphatic heterocycles. The van der Waals surface area contributed by atoms with Crippen molar-refractivity contribution in [1.29, 1.82) is 0 Å². The molecule has 2 amide bonds. The highest BCUT2D eigenvalue weighted by Gasteiger charge is 2.66. The number of hydrogen-bond acceptors (Lipinski definition) is 5. The maximum absolute atomic E-state index is 13.8. The van der Waals surface area contributed by atoms with E-state index in [-0.39, 0.29) is 28.6 Å². The first kappa shape index (κ1) is 18.3. The molecule has 0 unspecified atom stereocenters. The van der Waals surface area contributed by atoms with Crippen molar-refractivity contribution >= 4 is 23.2 Å². The van der Waals surface area contributed by atoms with Gasteiger partial charge in [0.2, 0.25) is 11.8 Å². The lowest BCUT2D eigenvalue weighted by Crippen LogP contribution is -2.51. The molecule has 3 aliphatic carbocycles. The predicted octanol–water partition coefficient (Wildman–Crippen LogP) is 3.95. The number of carbonyl (C=O) groups excluding carboxylic acids is 2. The fourth-order valence-corrected chi connectivity index (χ4v) is 6.13. The number of imide groups is 1. The van der Waals surface area contributed by atoms with Gasteiger partial charge < -0.3 is 10.4 Å². The number of nitrogens with zero attached hydrogens (tertiary/aromatic N) is 2. The topological polar surface area (TPSA) is 83.9 Å². The molecule has 3 aromatic rings. The van der Waals surface area contributed by atoms with Gasteiger partial charge in [-0.3, -0.25) is 14.8 Å². The van der Waals surface area contributed by atoms with Crippen LogP contribution in [0, 0.1) is 17.0 Å². The van der Waals surface area contributed by atoms with E-state index in [2.05, 4.69) is 31.2 Å². The maximum atomic E-state index is 13.8. The van der Waals surface area contributed by atoms with Gasteiger partial charge in [-0.25, -0.2) is 4.90 Å². The van der Waals surface area contributed by atoms with Crippen LogP contribution in [0.5, 0.6) is 0 Å². The average molecular weight is 411 g/mol. The maximum Gasteiger partial charge on any atom is 0.238 e. The van der Waals surface area contributed by atoms with Gasteiger partial charge >= 0.3 is 0 Å². The Hall–Kier alpha value is -3.48. The molecule has 31 heavy (non-hydrogen) atoms. The molecular weight excluding hydrogens is 392 g/mol. The van der Waals surface area contributed by atoms with Crippen LogP contribution in [0.15, 0.2) is 72.8 Å². The van der Waals surface area contributed by atoms with Gasteiger partial charge in [0.15, 0.2) is 0 Å². The Labute approximate surface area is 178 Å². The van der Waals surface area contributed by atoms with Gasteiger partial charge in [0.25, 0.3) is 0 Å². The lowest BCUT2D eigenvalue weighted by molar-refractivity contribution is -0.123. The molecule has 1 fully saturated rings. The lowest BCUT2D eigenvalue weighted by atomic mass is 9.48. The minimum atomic E-state index is -0.606. The molecule has 0 radical (unpaired) electrons.